The number of nitrogens with zero attached hydrogens (tertiary/aromatic N) is 1. The summed E-state index contributed by atoms with van der Waals surface area (Å²) in [5, 5.41) is 9.54. The maximum absolute atomic E-state index is 9.11. The molecule has 1 aromatic carbocycles. The third-order valence-electron chi connectivity index (χ3n) is 2.54. The highest BCUT2D eigenvalue weighted by atomic mass is 35.5. The highest BCUT2D eigenvalue weighted by Crippen LogP contribution is 2.35. The minimum atomic E-state index is 0.426. The molecule has 0 saturated carbocycles. The number of rotatable bonds is 5. The van der Waals surface area contributed by atoms with Gasteiger partial charge in [-0.05, 0) is 24.6 Å². The van der Waals surface area contributed by atoms with Gasteiger partial charge in [-0.1, -0.05) is 24.9 Å². The maximum Gasteiger partial charge on any atom is 0.127 e. The van der Waals surface area contributed by atoms with Gasteiger partial charge < -0.3 is 9.47 Å². The summed E-state index contributed by atoms with van der Waals surface area (Å²) in [5.74, 6) is 1.31. The molecule has 0 aliphatic carbocycles. The van der Waals surface area contributed by atoms with E-state index in [0.29, 0.717) is 34.1 Å². The fraction of sp³-hybridized carbons (Fsp3) is 0.357. The van der Waals surface area contributed by atoms with Gasteiger partial charge in [0.2, 0.25) is 0 Å². The van der Waals surface area contributed by atoms with Crippen LogP contribution >= 0.6 is 11.6 Å². The van der Waals surface area contributed by atoms with Crippen molar-refractivity contribution in [1.82, 2.24) is 0 Å². The largest absolute Gasteiger partial charge is 0.497 e. The Morgan fingerprint density at radius 1 is 1.33 bits per heavy atom. The highest BCUT2D eigenvalue weighted by molar-refractivity contribution is 6.49. The first-order chi connectivity index (χ1) is 8.67. The Balaban J connectivity index is 3.33. The number of hydrogen-bond acceptors (Lipinski definition) is 3. The molecule has 1 rings (SSSR count). The van der Waals surface area contributed by atoms with Crippen molar-refractivity contribution in [2.75, 3.05) is 14.2 Å². The van der Waals surface area contributed by atoms with Crippen molar-refractivity contribution < 1.29 is 9.47 Å². The summed E-state index contributed by atoms with van der Waals surface area (Å²) in [7, 11) is 3.15. The Morgan fingerprint density at radius 2 is 2.06 bits per heavy atom. The van der Waals surface area contributed by atoms with Gasteiger partial charge in [0, 0.05) is 11.1 Å². The lowest BCUT2D eigenvalue weighted by atomic mass is 10.1. The zero-order chi connectivity index (χ0) is 13.5. The summed E-state index contributed by atoms with van der Waals surface area (Å²) in [6.45, 7) is 2.00. The highest BCUT2D eigenvalue weighted by Gasteiger charge is 2.12. The zero-order valence-electron chi connectivity index (χ0n) is 10.8. The van der Waals surface area contributed by atoms with Crippen LogP contribution in [0.1, 0.15) is 25.3 Å². The minimum absolute atomic E-state index is 0.426. The third kappa shape index (κ3) is 3.18. The Bertz CT molecular complexity index is 489. The van der Waals surface area contributed by atoms with Crippen LogP contribution in [-0.4, -0.2) is 14.2 Å². The van der Waals surface area contributed by atoms with Gasteiger partial charge >= 0.3 is 0 Å². The normalized spacial score (nSPS) is 11.5. The Hall–Kier alpha value is -1.66. The molecule has 0 aliphatic heterocycles. The van der Waals surface area contributed by atoms with Gasteiger partial charge in [-0.2, -0.15) is 5.26 Å². The van der Waals surface area contributed by atoms with E-state index < -0.39 is 0 Å². The van der Waals surface area contributed by atoms with Gasteiger partial charge in [0.1, 0.15) is 11.5 Å². The first-order valence-corrected chi connectivity index (χ1v) is 6.06. The number of benzene rings is 1. The van der Waals surface area contributed by atoms with E-state index in [0.717, 1.165) is 6.42 Å². The molecule has 1 aromatic rings. The van der Waals surface area contributed by atoms with Crippen LogP contribution in [0.5, 0.6) is 11.5 Å². The van der Waals surface area contributed by atoms with Gasteiger partial charge in [0.25, 0.3) is 0 Å². The third-order valence-corrected chi connectivity index (χ3v) is 2.97. The van der Waals surface area contributed by atoms with Crippen LogP contribution in [0.3, 0.4) is 0 Å². The first kappa shape index (κ1) is 14.4. The van der Waals surface area contributed by atoms with Crippen LogP contribution in [0.4, 0.5) is 0 Å². The Labute approximate surface area is 113 Å². The lowest BCUT2D eigenvalue weighted by Gasteiger charge is -2.11. The standard InChI is InChI=1S/C14H16ClNO2/c1-4-5-10(9-16)14(15)12-8-11(17-2)6-7-13(12)18-3/h6-8H,4-5H2,1-3H3. The lowest BCUT2D eigenvalue weighted by Crippen LogP contribution is -1.93. The van der Waals surface area contributed by atoms with E-state index in [1.807, 2.05) is 6.92 Å². The van der Waals surface area contributed by atoms with Gasteiger partial charge in [0.05, 0.1) is 25.3 Å². The summed E-state index contributed by atoms with van der Waals surface area (Å²) in [4.78, 5) is 0. The minimum Gasteiger partial charge on any atom is -0.497 e. The fourth-order valence-electron chi connectivity index (χ4n) is 1.61. The molecule has 0 saturated heterocycles. The molecule has 96 valence electrons. The van der Waals surface area contributed by atoms with E-state index in [-0.39, 0.29) is 0 Å². The number of nitriles is 1. The molecule has 0 N–H and O–H groups in total. The van der Waals surface area contributed by atoms with E-state index in [1.165, 1.54) is 0 Å². The molecule has 3 nitrogen and oxygen atoms in total. The van der Waals surface area contributed by atoms with Gasteiger partial charge in [0.15, 0.2) is 0 Å². The molecule has 4 heteroatoms. The van der Waals surface area contributed by atoms with Crippen molar-refractivity contribution >= 4 is 16.6 Å². The zero-order valence-corrected chi connectivity index (χ0v) is 11.5. The maximum atomic E-state index is 9.11. The molecule has 0 aliphatic rings. The van der Waals surface area contributed by atoms with Crippen LogP contribution in [0, 0.1) is 11.3 Å². The quantitative estimate of drug-likeness (QED) is 0.757. The Morgan fingerprint density at radius 3 is 2.56 bits per heavy atom. The fourth-order valence-corrected chi connectivity index (χ4v) is 1.90. The van der Waals surface area contributed by atoms with Crippen molar-refractivity contribution in [3.8, 4) is 17.6 Å². The molecule has 0 bridgehead atoms. The van der Waals surface area contributed by atoms with E-state index in [1.54, 1.807) is 32.4 Å². The molecule has 0 spiro atoms. The van der Waals surface area contributed by atoms with Gasteiger partial charge in [-0.25, -0.2) is 0 Å². The number of ether oxygens (including phenoxy) is 2. The van der Waals surface area contributed by atoms with Crippen LogP contribution in [0.2, 0.25) is 0 Å². The van der Waals surface area contributed by atoms with Crippen molar-refractivity contribution in [2.24, 2.45) is 0 Å². The second kappa shape index (κ2) is 6.93. The topological polar surface area (TPSA) is 42.2 Å². The SMILES string of the molecule is CCCC(C#N)=C(Cl)c1cc(OC)ccc1OC. The molecule has 0 fully saturated rings. The first-order valence-electron chi connectivity index (χ1n) is 5.69. The summed E-state index contributed by atoms with van der Waals surface area (Å²) in [5.41, 5.74) is 1.24. The molecule has 18 heavy (non-hydrogen) atoms. The van der Waals surface area contributed by atoms with Crippen LogP contribution < -0.4 is 9.47 Å². The monoisotopic (exact) mass is 265 g/mol. The average molecular weight is 266 g/mol. The summed E-state index contributed by atoms with van der Waals surface area (Å²) in [6, 6.07) is 7.48. The van der Waals surface area contributed by atoms with Crippen molar-refractivity contribution in [3.63, 3.8) is 0 Å². The molecule has 0 aromatic heterocycles. The van der Waals surface area contributed by atoms with E-state index >= 15 is 0 Å². The smallest absolute Gasteiger partial charge is 0.127 e. The predicted octanol–water partition coefficient (Wildman–Crippen LogP) is 3.98. The van der Waals surface area contributed by atoms with Crippen molar-refractivity contribution in [1.29, 1.82) is 5.26 Å². The van der Waals surface area contributed by atoms with E-state index in [4.69, 9.17) is 26.3 Å². The lowest BCUT2D eigenvalue weighted by molar-refractivity contribution is 0.402. The summed E-state index contributed by atoms with van der Waals surface area (Å²) in [6.07, 6.45) is 1.51. The van der Waals surface area contributed by atoms with Crippen LogP contribution in [-0.2, 0) is 0 Å². The predicted molar refractivity (Wildman–Crippen MR) is 72.8 cm³/mol. The van der Waals surface area contributed by atoms with E-state index in [2.05, 4.69) is 6.07 Å². The van der Waals surface area contributed by atoms with Crippen LogP contribution in [0.15, 0.2) is 23.8 Å². The number of hydrogen-bond donors (Lipinski definition) is 0. The molecular formula is C14H16ClNO2. The van der Waals surface area contributed by atoms with Crippen LogP contribution in [0.25, 0.3) is 5.03 Å². The second-order valence-corrected chi connectivity index (χ2v) is 4.10. The number of halogens is 1. The number of allylic oxidation sites excluding steroid dienone is 1. The average Bonchev–Trinajstić information content (AvgIpc) is 2.43. The van der Waals surface area contributed by atoms with Crippen molar-refractivity contribution in [2.45, 2.75) is 19.8 Å². The van der Waals surface area contributed by atoms with Gasteiger partial charge in [-0.3, -0.25) is 0 Å². The summed E-state index contributed by atoms with van der Waals surface area (Å²) < 4.78 is 10.4. The molecule has 0 heterocycles. The second-order valence-electron chi connectivity index (χ2n) is 3.72. The molecular weight excluding hydrogens is 250 g/mol. The molecule has 0 radical (unpaired) electrons. The van der Waals surface area contributed by atoms with Crippen molar-refractivity contribution in [3.05, 3.63) is 29.3 Å². The van der Waals surface area contributed by atoms with Gasteiger partial charge in [-0.15, -0.1) is 0 Å². The number of methoxy groups -OCH3 is 2. The Kier molecular flexibility index (Phi) is 5.54. The van der Waals surface area contributed by atoms with E-state index in [9.17, 15) is 0 Å². The molecule has 0 amide bonds. The summed E-state index contributed by atoms with van der Waals surface area (Å²) >= 11 is 6.29. The molecule has 0 atom stereocenters. The molecule has 0 unspecified atom stereocenters.